The van der Waals surface area contributed by atoms with E-state index in [2.05, 4.69) is 62.9 Å². The van der Waals surface area contributed by atoms with Crippen molar-refractivity contribution in [2.75, 3.05) is 0 Å². The fraction of sp³-hybridized carbons (Fsp3) is 0.524. The molecule has 0 saturated heterocycles. The molecule has 1 atom stereocenters. The summed E-state index contributed by atoms with van der Waals surface area (Å²) in [6, 6.07) is 11.4. The topological polar surface area (TPSA) is 0 Å². The van der Waals surface area contributed by atoms with Crippen LogP contribution in [-0.2, 0) is 21.7 Å². The van der Waals surface area contributed by atoms with Crippen LogP contribution in [0.3, 0.4) is 0 Å². The van der Waals surface area contributed by atoms with Crippen LogP contribution in [0.4, 0.5) is 0 Å². The van der Waals surface area contributed by atoms with E-state index in [1.807, 2.05) is 0 Å². The Labute approximate surface area is 194 Å². The molecule has 26 heavy (non-hydrogen) atoms. The Morgan fingerprint density at radius 3 is 2.08 bits per heavy atom. The Kier molecular flexibility index (Phi) is 14.2. The van der Waals surface area contributed by atoms with Gasteiger partial charge in [0.25, 0.3) is 0 Å². The minimum atomic E-state index is -1.68. The van der Waals surface area contributed by atoms with Crippen molar-refractivity contribution in [2.45, 2.75) is 64.5 Å². The van der Waals surface area contributed by atoms with Crippen LogP contribution in [0.5, 0.6) is 0 Å². The van der Waals surface area contributed by atoms with Gasteiger partial charge in [0, 0.05) is 0 Å². The minimum Gasteiger partial charge on any atom is -1.00 e. The van der Waals surface area contributed by atoms with Crippen molar-refractivity contribution in [1.82, 2.24) is 0 Å². The maximum atomic E-state index is 3.81. The number of benzene rings is 1. The number of hydrogen-bond donors (Lipinski definition) is 0. The second-order valence-corrected chi connectivity index (χ2v) is 11.8. The van der Waals surface area contributed by atoms with Crippen molar-refractivity contribution in [3.8, 4) is 0 Å². The molecule has 0 spiro atoms. The van der Waals surface area contributed by atoms with Crippen molar-refractivity contribution in [2.24, 2.45) is 5.92 Å². The molecule has 1 unspecified atom stereocenters. The molecule has 1 aromatic carbocycles. The zero-order chi connectivity index (χ0) is 15.6. The Hall–Kier alpha value is 0.501. The molecule has 2 aliphatic rings. The second-order valence-electron chi connectivity index (χ2n) is 7.47. The summed E-state index contributed by atoms with van der Waals surface area (Å²) in [6.45, 7) is 7.32. The van der Waals surface area contributed by atoms with Crippen LogP contribution in [0.15, 0.2) is 47.2 Å². The molecule has 5 heteroatoms. The molecule has 1 saturated carbocycles. The van der Waals surface area contributed by atoms with Gasteiger partial charge in [-0.25, -0.2) is 5.20 Å². The first-order valence-electron chi connectivity index (χ1n) is 9.01. The van der Waals surface area contributed by atoms with Crippen LogP contribution in [-0.4, -0.2) is 8.07 Å². The second kappa shape index (κ2) is 12.9. The Balaban J connectivity index is 0. The molecule has 0 nitrogen and oxygen atoms in total. The molecule has 0 bridgehead atoms. The molecule has 2 aliphatic carbocycles. The summed E-state index contributed by atoms with van der Waals surface area (Å²) in [5.41, 5.74) is 2.50. The Morgan fingerprint density at radius 1 is 0.962 bits per heavy atom. The number of hydrogen-bond acceptors (Lipinski definition) is 0. The summed E-state index contributed by atoms with van der Waals surface area (Å²) in [7, 11) is -1.68. The quantitative estimate of drug-likeness (QED) is 0.322. The van der Waals surface area contributed by atoms with Gasteiger partial charge in [-0.1, -0.05) is 93.9 Å². The van der Waals surface area contributed by atoms with Crippen molar-refractivity contribution in [3.63, 3.8) is 0 Å². The molecule has 3 rings (SSSR count). The first kappa shape index (κ1) is 28.7. The molecule has 1 fully saturated rings. The number of rotatable bonds is 4. The average Bonchev–Trinajstić information content (AvgIpc) is 3.06. The van der Waals surface area contributed by atoms with Crippen LogP contribution in [0.2, 0.25) is 12.1 Å². The monoisotopic (exact) mass is 462 g/mol. The first-order chi connectivity index (χ1) is 10.6. The number of halogens is 3. The van der Waals surface area contributed by atoms with Gasteiger partial charge in [-0.2, -0.15) is 11.6 Å². The molecule has 0 heterocycles. The van der Waals surface area contributed by atoms with E-state index in [0.717, 1.165) is 12.0 Å². The largest absolute Gasteiger partial charge is 4.00 e. The molecule has 1 aromatic rings. The molecule has 0 amide bonds. The third kappa shape index (κ3) is 5.75. The zero-order valence-corrected chi connectivity index (χ0v) is 20.8. The maximum Gasteiger partial charge on any atom is 4.00 e. The van der Waals surface area contributed by atoms with E-state index in [9.17, 15) is 0 Å². The van der Waals surface area contributed by atoms with Crippen LogP contribution < -0.4 is 42.4 Å². The van der Waals surface area contributed by atoms with Crippen molar-refractivity contribution in [3.05, 3.63) is 53.3 Å². The third-order valence-corrected chi connectivity index (χ3v) is 11.1. The maximum absolute atomic E-state index is 3.81. The SMILES string of the molecule is CC(C)C1=CC[C-]=C1[Si](C)(c1ccccc1)C1CCCCC1.[Cl-].[Cl-].[Cl-].[Ti+4]. The van der Waals surface area contributed by atoms with Gasteiger partial charge in [-0.3, -0.25) is 6.08 Å². The van der Waals surface area contributed by atoms with Gasteiger partial charge in [0.05, 0.1) is 8.07 Å². The van der Waals surface area contributed by atoms with Crippen molar-refractivity contribution in [1.29, 1.82) is 0 Å². The van der Waals surface area contributed by atoms with Gasteiger partial charge in [0.1, 0.15) is 0 Å². The molecule has 0 aliphatic heterocycles. The summed E-state index contributed by atoms with van der Waals surface area (Å²) in [4.78, 5) is 0. The molecular weight excluding hydrogens is 435 g/mol. The van der Waals surface area contributed by atoms with Crippen LogP contribution in [0.1, 0.15) is 52.4 Å². The first-order valence-corrected chi connectivity index (χ1v) is 11.6. The predicted octanol–water partition coefficient (Wildman–Crippen LogP) is -3.43. The predicted molar refractivity (Wildman–Crippen MR) is 98.8 cm³/mol. The molecule has 0 radical (unpaired) electrons. The van der Waals surface area contributed by atoms with Crippen molar-refractivity contribution < 1.29 is 58.9 Å². The summed E-state index contributed by atoms with van der Waals surface area (Å²) in [5.74, 6) is 0.629. The van der Waals surface area contributed by atoms with Gasteiger partial charge < -0.3 is 37.2 Å². The number of allylic oxidation sites excluding steroid dienone is 4. The average molecular weight is 464 g/mol. The van der Waals surface area contributed by atoms with Gasteiger partial charge in [0.2, 0.25) is 0 Å². The fourth-order valence-corrected chi connectivity index (χ4v) is 9.60. The van der Waals surface area contributed by atoms with Crippen LogP contribution in [0.25, 0.3) is 0 Å². The Morgan fingerprint density at radius 2 is 1.54 bits per heavy atom. The minimum absolute atomic E-state index is 0. The van der Waals surface area contributed by atoms with E-state index < -0.39 is 8.07 Å². The van der Waals surface area contributed by atoms with Crippen molar-refractivity contribution >= 4 is 13.3 Å². The van der Waals surface area contributed by atoms with E-state index in [1.54, 1.807) is 16.0 Å². The zero-order valence-electron chi connectivity index (χ0n) is 16.0. The standard InChI is InChI=1S/C21H29Si.3ClH.Ti/c1-17(2)20-15-10-16-21(20)22(3,18-11-6-4-7-12-18)19-13-8-5-9-14-19;;;;/h4,6-7,11-12,15,17,19H,5,8-10,13-14H2,1-3H3;3*1H;/q-1;;;;+4/p-3. The van der Waals surface area contributed by atoms with Gasteiger partial charge in [-0.05, 0) is 5.54 Å². The van der Waals surface area contributed by atoms with Crippen LogP contribution >= 0.6 is 0 Å². The van der Waals surface area contributed by atoms with Gasteiger partial charge >= 0.3 is 21.7 Å². The summed E-state index contributed by atoms with van der Waals surface area (Å²) in [6.07, 6.45) is 14.4. The van der Waals surface area contributed by atoms with E-state index in [1.165, 1.54) is 32.1 Å². The third-order valence-electron chi connectivity index (χ3n) is 5.83. The van der Waals surface area contributed by atoms with E-state index >= 15 is 0 Å². The molecule has 0 N–H and O–H groups in total. The van der Waals surface area contributed by atoms with Gasteiger partial charge in [0.15, 0.2) is 0 Å². The molecule has 0 aromatic heterocycles. The Bertz CT molecular complexity index is 580. The fourth-order valence-electron chi connectivity index (χ4n) is 4.52. The summed E-state index contributed by atoms with van der Waals surface area (Å²) in [5, 5.41) is 3.26. The van der Waals surface area contributed by atoms with Gasteiger partial charge in [-0.15, -0.1) is 6.42 Å². The van der Waals surface area contributed by atoms with Crippen LogP contribution in [0, 0.1) is 12.0 Å². The summed E-state index contributed by atoms with van der Waals surface area (Å²) < 4.78 is 0. The normalized spacial score (nSPS) is 18.9. The van der Waals surface area contributed by atoms with E-state index in [-0.39, 0.29) is 58.9 Å². The smallest absolute Gasteiger partial charge is 1.00 e. The van der Waals surface area contributed by atoms with E-state index in [4.69, 9.17) is 0 Å². The van der Waals surface area contributed by atoms with E-state index in [0.29, 0.717) is 5.92 Å². The summed E-state index contributed by atoms with van der Waals surface area (Å²) >= 11 is 0. The molecular formula is C21H29Cl3SiTi. The molecule has 142 valence electrons.